The highest BCUT2D eigenvalue weighted by Crippen LogP contribution is 2.43. The van der Waals surface area contributed by atoms with Crippen LogP contribution in [0.25, 0.3) is 0 Å². The molecule has 2 atom stereocenters. The Balaban J connectivity index is 3.99. The van der Waals surface area contributed by atoms with Crippen LogP contribution >= 0.6 is 7.82 Å². The fourth-order valence-corrected chi connectivity index (χ4v) is 7.05. The smallest absolute Gasteiger partial charge is 0.462 e. The van der Waals surface area contributed by atoms with E-state index in [-0.39, 0.29) is 32.6 Å². The molecule has 0 aliphatic rings. The van der Waals surface area contributed by atoms with Crippen molar-refractivity contribution in [1.29, 1.82) is 0 Å². The number of phosphoric ester groups is 1. The van der Waals surface area contributed by atoms with E-state index in [1.807, 2.05) is 0 Å². The summed E-state index contributed by atoms with van der Waals surface area (Å²) in [5, 5.41) is 0. The van der Waals surface area contributed by atoms with Crippen LogP contribution in [0, 0.1) is 0 Å². The second kappa shape index (κ2) is 51.5. The molecule has 0 rings (SSSR count). The first-order valence-electron chi connectivity index (χ1n) is 25.7. The average Bonchev–Trinajstić information content (AvgIpc) is 3.32. The molecule has 0 radical (unpaired) electrons. The van der Waals surface area contributed by atoms with Crippen LogP contribution < -0.4 is 5.73 Å². The van der Waals surface area contributed by atoms with Crippen LogP contribution in [0.15, 0.2) is 134 Å². The number of hydrogen-bond donors (Lipinski definition) is 2. The van der Waals surface area contributed by atoms with E-state index >= 15 is 0 Å². The molecule has 3 N–H and O–H groups in total. The number of phosphoric acid groups is 1. The van der Waals surface area contributed by atoms with Gasteiger partial charge in [0.2, 0.25) is 0 Å². The maximum Gasteiger partial charge on any atom is 0.472 e. The lowest BCUT2D eigenvalue weighted by Crippen LogP contribution is -2.29. The zero-order valence-corrected chi connectivity index (χ0v) is 42.7. The van der Waals surface area contributed by atoms with Gasteiger partial charge in [0.1, 0.15) is 6.61 Å². The van der Waals surface area contributed by atoms with Crippen molar-refractivity contribution in [2.45, 2.75) is 187 Å². The number of ether oxygens (including phenoxy) is 2. The molecule has 0 aromatic carbocycles. The Morgan fingerprint density at radius 3 is 1.22 bits per heavy atom. The Morgan fingerprint density at radius 1 is 0.463 bits per heavy atom. The van der Waals surface area contributed by atoms with Gasteiger partial charge in [-0.05, 0) is 96.3 Å². The van der Waals surface area contributed by atoms with Gasteiger partial charge < -0.3 is 20.1 Å². The van der Waals surface area contributed by atoms with Crippen LogP contribution in [-0.4, -0.2) is 49.3 Å². The van der Waals surface area contributed by atoms with Crippen LogP contribution in [0.5, 0.6) is 0 Å². The standard InChI is InChI=1S/C57H92NO8P/c1-3-5-7-9-11-12-13-14-15-16-17-18-19-20-21-22-23-24-25-26-27-28-29-30-31-32-33-34-35-36-37-38-39-40-41-42-44-46-48-50-57(60)66-55(54-65-67(61,62)64-52-51-58)53-63-56(59)49-47-45-43-10-8-6-4-2/h5,7,11-12,14-15,17-18,20-21,23-24,26-27,29-30,32-33,35-36,38-39,55H,3-4,6,8-10,13,16,19,22,25,28,31,34,37,40-54,58H2,1-2H3,(H,61,62)/b7-5-,12-11-,15-14-,18-17-,21-20-,24-23-,27-26-,30-29-,33-32-,36-35-,39-38-. The molecule has 9 nitrogen and oxygen atoms in total. The predicted octanol–water partition coefficient (Wildman–Crippen LogP) is 15.8. The molecule has 67 heavy (non-hydrogen) atoms. The van der Waals surface area contributed by atoms with E-state index in [9.17, 15) is 19.0 Å². The summed E-state index contributed by atoms with van der Waals surface area (Å²) in [7, 11) is -4.39. The number of rotatable bonds is 46. The molecule has 378 valence electrons. The lowest BCUT2D eigenvalue weighted by Gasteiger charge is -2.19. The minimum atomic E-state index is -4.39. The summed E-state index contributed by atoms with van der Waals surface area (Å²) >= 11 is 0. The van der Waals surface area contributed by atoms with Gasteiger partial charge in [-0.1, -0.05) is 205 Å². The largest absolute Gasteiger partial charge is 0.472 e. The van der Waals surface area contributed by atoms with Crippen molar-refractivity contribution in [3.63, 3.8) is 0 Å². The Hall–Kier alpha value is -3.85. The quantitative estimate of drug-likeness (QED) is 0.0265. The Morgan fingerprint density at radius 2 is 0.821 bits per heavy atom. The average molecular weight is 950 g/mol. The Kier molecular flexibility index (Phi) is 48.6. The summed E-state index contributed by atoms with van der Waals surface area (Å²) in [6.07, 6.45) is 72.5. The molecule has 0 heterocycles. The van der Waals surface area contributed by atoms with Crippen molar-refractivity contribution < 1.29 is 37.6 Å². The number of esters is 2. The van der Waals surface area contributed by atoms with Gasteiger partial charge in [0, 0.05) is 19.4 Å². The molecule has 0 aliphatic carbocycles. The molecular formula is C57H92NO8P. The van der Waals surface area contributed by atoms with Crippen molar-refractivity contribution in [3.8, 4) is 0 Å². The van der Waals surface area contributed by atoms with E-state index in [0.717, 1.165) is 128 Å². The Bertz CT molecular complexity index is 1550. The molecule has 0 fully saturated rings. The molecule has 2 unspecified atom stereocenters. The topological polar surface area (TPSA) is 134 Å². The van der Waals surface area contributed by atoms with Crippen LogP contribution in [0.3, 0.4) is 0 Å². The van der Waals surface area contributed by atoms with Gasteiger partial charge in [0.15, 0.2) is 6.10 Å². The van der Waals surface area contributed by atoms with E-state index < -0.39 is 32.5 Å². The number of unbranched alkanes of at least 4 members (excludes halogenated alkanes) is 11. The highest BCUT2D eigenvalue weighted by atomic mass is 31.2. The highest BCUT2D eigenvalue weighted by Gasteiger charge is 2.26. The van der Waals surface area contributed by atoms with E-state index in [2.05, 4.69) is 148 Å². The van der Waals surface area contributed by atoms with Crippen LogP contribution in [0.4, 0.5) is 0 Å². The van der Waals surface area contributed by atoms with Gasteiger partial charge in [-0.3, -0.25) is 18.6 Å². The van der Waals surface area contributed by atoms with Gasteiger partial charge in [-0.2, -0.15) is 0 Å². The monoisotopic (exact) mass is 950 g/mol. The zero-order valence-electron chi connectivity index (χ0n) is 41.8. The third-order valence-electron chi connectivity index (χ3n) is 10.1. The first-order valence-corrected chi connectivity index (χ1v) is 27.2. The van der Waals surface area contributed by atoms with Gasteiger partial charge >= 0.3 is 19.8 Å². The summed E-state index contributed by atoms with van der Waals surface area (Å²) in [5.74, 6) is -0.869. The summed E-state index contributed by atoms with van der Waals surface area (Å²) in [4.78, 5) is 34.7. The third kappa shape index (κ3) is 51.4. The molecule has 0 spiro atoms. The minimum absolute atomic E-state index is 0.0439. The maximum atomic E-state index is 12.6. The van der Waals surface area contributed by atoms with Gasteiger partial charge in [-0.25, -0.2) is 4.57 Å². The Labute approximate surface area is 408 Å². The second-order valence-corrected chi connectivity index (χ2v) is 17.8. The molecule has 0 aromatic heterocycles. The van der Waals surface area contributed by atoms with Crippen LogP contribution in [-0.2, 0) is 32.7 Å². The molecule has 10 heteroatoms. The van der Waals surface area contributed by atoms with E-state index in [1.54, 1.807) is 0 Å². The lowest BCUT2D eigenvalue weighted by atomic mass is 10.1. The fourth-order valence-electron chi connectivity index (χ4n) is 6.28. The summed E-state index contributed by atoms with van der Waals surface area (Å²) < 4.78 is 32.7. The number of hydrogen-bond acceptors (Lipinski definition) is 8. The van der Waals surface area contributed by atoms with Crippen molar-refractivity contribution in [2.24, 2.45) is 5.73 Å². The molecule has 0 amide bonds. The molecule has 0 saturated heterocycles. The fraction of sp³-hybridized carbons (Fsp3) is 0.579. The first-order chi connectivity index (χ1) is 32.8. The first kappa shape index (κ1) is 63.1. The zero-order chi connectivity index (χ0) is 48.8. The normalized spacial score (nSPS) is 14.3. The summed E-state index contributed by atoms with van der Waals surface area (Å²) in [5.41, 5.74) is 5.34. The van der Waals surface area contributed by atoms with Crippen molar-refractivity contribution in [3.05, 3.63) is 134 Å². The molecule has 0 saturated carbocycles. The highest BCUT2D eigenvalue weighted by molar-refractivity contribution is 7.47. The molecule has 0 aliphatic heterocycles. The summed E-state index contributed by atoms with van der Waals surface area (Å²) in [6, 6.07) is 0. The number of allylic oxidation sites excluding steroid dienone is 22. The van der Waals surface area contributed by atoms with E-state index in [4.69, 9.17) is 24.3 Å². The van der Waals surface area contributed by atoms with Crippen molar-refractivity contribution in [1.82, 2.24) is 0 Å². The second-order valence-electron chi connectivity index (χ2n) is 16.3. The SMILES string of the molecule is CC/C=C\C/C=C\C/C=C\C/C=C\C/C=C\C/C=C\C/C=C\C/C=C\C/C=C\C/C=C\C/C=C\CCCCCCCC(=O)OC(COC(=O)CCCCCCCCC)COP(=O)(O)OCCN. The predicted molar refractivity (Wildman–Crippen MR) is 284 cm³/mol. The number of carbonyl (C=O) groups is 2. The van der Waals surface area contributed by atoms with E-state index in [1.165, 1.54) is 19.3 Å². The van der Waals surface area contributed by atoms with Crippen LogP contribution in [0.1, 0.15) is 181 Å². The minimum Gasteiger partial charge on any atom is -0.462 e. The van der Waals surface area contributed by atoms with Crippen molar-refractivity contribution >= 4 is 19.8 Å². The van der Waals surface area contributed by atoms with Gasteiger partial charge in [0.25, 0.3) is 0 Å². The van der Waals surface area contributed by atoms with Gasteiger partial charge in [-0.15, -0.1) is 0 Å². The number of nitrogens with two attached hydrogens (primary N) is 1. The summed E-state index contributed by atoms with van der Waals surface area (Å²) in [6.45, 7) is 3.51. The molecule has 0 bridgehead atoms. The molecular weight excluding hydrogens is 858 g/mol. The maximum absolute atomic E-state index is 12.6. The number of carbonyl (C=O) groups excluding carboxylic acids is 2. The lowest BCUT2D eigenvalue weighted by molar-refractivity contribution is -0.161. The van der Waals surface area contributed by atoms with Crippen molar-refractivity contribution in [2.75, 3.05) is 26.4 Å². The van der Waals surface area contributed by atoms with Gasteiger partial charge in [0.05, 0.1) is 13.2 Å². The third-order valence-corrected chi connectivity index (χ3v) is 11.0. The van der Waals surface area contributed by atoms with Crippen LogP contribution in [0.2, 0.25) is 0 Å². The van der Waals surface area contributed by atoms with E-state index in [0.29, 0.717) is 6.42 Å². The molecule has 0 aromatic rings.